The molecule has 0 spiro atoms. The van der Waals surface area contributed by atoms with Crippen LogP contribution in [0.5, 0.6) is 0 Å². The van der Waals surface area contributed by atoms with Crippen LogP contribution in [-0.2, 0) is 4.79 Å². The van der Waals surface area contributed by atoms with E-state index in [-0.39, 0.29) is 0 Å². The smallest absolute Gasteiger partial charge is 0.325 e. The Bertz CT molecular complexity index is 375. The highest BCUT2D eigenvalue weighted by molar-refractivity contribution is 9.10. The first-order chi connectivity index (χ1) is 7.00. The molecule has 1 atom stereocenters. The van der Waals surface area contributed by atoms with Crippen LogP contribution in [-0.4, -0.2) is 23.0 Å². The Labute approximate surface area is 95.4 Å². The molecule has 1 amide bonds. The van der Waals surface area contributed by atoms with Crippen molar-refractivity contribution in [1.82, 2.24) is 5.32 Å². The minimum atomic E-state index is -1.06. The Hall–Kier alpha value is -1.36. The zero-order valence-electron chi connectivity index (χ0n) is 8.03. The number of benzene rings is 1. The van der Waals surface area contributed by atoms with E-state index >= 15 is 0 Å². The Kier molecular flexibility index (Phi) is 3.85. The van der Waals surface area contributed by atoms with Gasteiger partial charge in [0, 0.05) is 10.0 Å². The van der Waals surface area contributed by atoms with Gasteiger partial charge in [-0.3, -0.25) is 9.59 Å². The lowest BCUT2D eigenvalue weighted by Crippen LogP contribution is -2.38. The second kappa shape index (κ2) is 4.93. The highest BCUT2D eigenvalue weighted by Gasteiger charge is 2.14. The van der Waals surface area contributed by atoms with Crippen molar-refractivity contribution < 1.29 is 14.7 Å². The number of rotatable bonds is 3. The second-order valence-electron chi connectivity index (χ2n) is 3.04. The average Bonchev–Trinajstić information content (AvgIpc) is 2.18. The number of hydrogen-bond acceptors (Lipinski definition) is 2. The molecule has 0 saturated carbocycles. The topological polar surface area (TPSA) is 66.4 Å². The van der Waals surface area contributed by atoms with Gasteiger partial charge in [-0.1, -0.05) is 15.9 Å². The molecule has 2 N–H and O–H groups in total. The molecule has 0 heterocycles. The molecule has 0 radical (unpaired) electrons. The number of hydrogen-bond donors (Lipinski definition) is 2. The van der Waals surface area contributed by atoms with Gasteiger partial charge in [0.05, 0.1) is 0 Å². The summed E-state index contributed by atoms with van der Waals surface area (Å²) < 4.78 is 0.866. The summed E-state index contributed by atoms with van der Waals surface area (Å²) >= 11 is 3.24. The van der Waals surface area contributed by atoms with Crippen LogP contribution in [0.1, 0.15) is 17.3 Å². The fourth-order valence-electron chi connectivity index (χ4n) is 0.943. The van der Waals surface area contributed by atoms with Crippen LogP contribution in [0.2, 0.25) is 0 Å². The van der Waals surface area contributed by atoms with E-state index in [2.05, 4.69) is 21.2 Å². The van der Waals surface area contributed by atoms with Crippen molar-refractivity contribution in [3.05, 3.63) is 34.3 Å². The van der Waals surface area contributed by atoms with Gasteiger partial charge >= 0.3 is 5.97 Å². The lowest BCUT2D eigenvalue weighted by Gasteiger charge is -2.08. The predicted octanol–water partition coefficient (Wildman–Crippen LogP) is 1.65. The number of carbonyl (C=O) groups is 2. The molecule has 4 nitrogen and oxygen atoms in total. The van der Waals surface area contributed by atoms with Crippen LogP contribution in [0.25, 0.3) is 0 Å². The average molecular weight is 272 g/mol. The van der Waals surface area contributed by atoms with Crippen molar-refractivity contribution in [2.45, 2.75) is 13.0 Å². The lowest BCUT2D eigenvalue weighted by atomic mass is 10.2. The van der Waals surface area contributed by atoms with E-state index in [0.717, 1.165) is 4.47 Å². The normalized spacial score (nSPS) is 11.9. The SMILES string of the molecule is C[C@@H](NC(=O)c1ccc(Br)cc1)C(=O)O. The molecule has 1 rings (SSSR count). The molecule has 0 saturated heterocycles. The molecule has 15 heavy (non-hydrogen) atoms. The van der Waals surface area contributed by atoms with Crippen LogP contribution in [0.4, 0.5) is 0 Å². The van der Waals surface area contributed by atoms with Gasteiger partial charge in [-0.05, 0) is 31.2 Å². The van der Waals surface area contributed by atoms with E-state index < -0.39 is 17.9 Å². The van der Waals surface area contributed by atoms with E-state index in [4.69, 9.17) is 5.11 Å². The van der Waals surface area contributed by atoms with Crippen molar-refractivity contribution in [3.63, 3.8) is 0 Å². The number of amides is 1. The maximum atomic E-state index is 11.5. The molecular weight excluding hydrogens is 262 g/mol. The number of aliphatic carboxylic acids is 1. The molecule has 5 heteroatoms. The van der Waals surface area contributed by atoms with Crippen LogP contribution in [0, 0.1) is 0 Å². The summed E-state index contributed by atoms with van der Waals surface area (Å²) in [5.74, 6) is -1.45. The van der Waals surface area contributed by atoms with Gasteiger partial charge < -0.3 is 10.4 Å². The molecule has 0 unspecified atom stereocenters. The minimum absolute atomic E-state index is 0.391. The third-order valence-corrected chi connectivity index (χ3v) is 2.35. The van der Waals surface area contributed by atoms with Gasteiger partial charge in [0.1, 0.15) is 6.04 Å². The van der Waals surface area contributed by atoms with Crippen LogP contribution < -0.4 is 5.32 Å². The second-order valence-corrected chi connectivity index (χ2v) is 3.96. The van der Waals surface area contributed by atoms with Crippen LogP contribution in [0.15, 0.2) is 28.7 Å². The molecule has 80 valence electrons. The van der Waals surface area contributed by atoms with E-state index in [0.29, 0.717) is 5.56 Å². The third kappa shape index (κ3) is 3.36. The van der Waals surface area contributed by atoms with E-state index in [1.165, 1.54) is 6.92 Å². The molecule has 0 aliphatic rings. The Morgan fingerprint density at radius 2 is 1.87 bits per heavy atom. The molecule has 0 aliphatic heterocycles. The molecule has 0 bridgehead atoms. The van der Waals surface area contributed by atoms with E-state index in [9.17, 15) is 9.59 Å². The highest BCUT2D eigenvalue weighted by atomic mass is 79.9. The summed E-state index contributed by atoms with van der Waals surface area (Å²) in [6, 6.07) is 5.80. The minimum Gasteiger partial charge on any atom is -0.480 e. The van der Waals surface area contributed by atoms with Crippen LogP contribution >= 0.6 is 15.9 Å². The van der Waals surface area contributed by atoms with Crippen molar-refractivity contribution in [2.24, 2.45) is 0 Å². The van der Waals surface area contributed by atoms with Crippen molar-refractivity contribution in [1.29, 1.82) is 0 Å². The van der Waals surface area contributed by atoms with E-state index in [1.807, 2.05) is 0 Å². The zero-order valence-corrected chi connectivity index (χ0v) is 9.61. The van der Waals surface area contributed by atoms with Crippen molar-refractivity contribution in [3.8, 4) is 0 Å². The van der Waals surface area contributed by atoms with Crippen molar-refractivity contribution >= 4 is 27.8 Å². The maximum absolute atomic E-state index is 11.5. The van der Waals surface area contributed by atoms with Gasteiger partial charge in [-0.25, -0.2) is 0 Å². The molecule has 1 aromatic carbocycles. The highest BCUT2D eigenvalue weighted by Crippen LogP contribution is 2.10. The number of carboxylic acids is 1. The summed E-state index contributed by atoms with van der Waals surface area (Å²) in [6.45, 7) is 1.42. The van der Waals surface area contributed by atoms with E-state index in [1.54, 1.807) is 24.3 Å². The summed E-state index contributed by atoms with van der Waals surface area (Å²) in [5.41, 5.74) is 0.436. The Morgan fingerprint density at radius 3 is 2.33 bits per heavy atom. The first-order valence-electron chi connectivity index (χ1n) is 4.30. The predicted molar refractivity (Wildman–Crippen MR) is 58.7 cm³/mol. The first kappa shape index (κ1) is 11.7. The fourth-order valence-corrected chi connectivity index (χ4v) is 1.21. The number of halogens is 1. The van der Waals surface area contributed by atoms with Gasteiger partial charge in [0.2, 0.25) is 0 Å². The quantitative estimate of drug-likeness (QED) is 0.879. The summed E-state index contributed by atoms with van der Waals surface area (Å²) in [5, 5.41) is 11.0. The van der Waals surface area contributed by atoms with Gasteiger partial charge in [-0.2, -0.15) is 0 Å². The molecule has 0 aliphatic carbocycles. The van der Waals surface area contributed by atoms with Crippen LogP contribution in [0.3, 0.4) is 0 Å². The standard InChI is InChI=1S/C10H10BrNO3/c1-6(10(14)15)12-9(13)7-2-4-8(11)5-3-7/h2-6H,1H3,(H,12,13)(H,14,15)/t6-/m1/s1. The summed E-state index contributed by atoms with van der Waals surface area (Å²) in [4.78, 5) is 22.0. The Morgan fingerprint density at radius 1 is 1.33 bits per heavy atom. The largest absolute Gasteiger partial charge is 0.480 e. The van der Waals surface area contributed by atoms with Gasteiger partial charge in [-0.15, -0.1) is 0 Å². The fraction of sp³-hybridized carbons (Fsp3) is 0.200. The monoisotopic (exact) mass is 271 g/mol. The van der Waals surface area contributed by atoms with Crippen molar-refractivity contribution in [2.75, 3.05) is 0 Å². The Balaban J connectivity index is 2.69. The number of carboxylic acid groups (broad SMARTS) is 1. The number of carbonyl (C=O) groups excluding carboxylic acids is 1. The molecule has 1 aromatic rings. The first-order valence-corrected chi connectivity index (χ1v) is 5.09. The molecular formula is C10H10BrNO3. The third-order valence-electron chi connectivity index (χ3n) is 1.82. The lowest BCUT2D eigenvalue weighted by molar-refractivity contribution is -0.138. The maximum Gasteiger partial charge on any atom is 0.325 e. The summed E-state index contributed by atoms with van der Waals surface area (Å²) in [6.07, 6.45) is 0. The zero-order chi connectivity index (χ0) is 11.4. The van der Waals surface area contributed by atoms with Gasteiger partial charge in [0.25, 0.3) is 5.91 Å². The summed E-state index contributed by atoms with van der Waals surface area (Å²) in [7, 11) is 0. The molecule has 0 fully saturated rings. The number of nitrogens with one attached hydrogen (secondary N) is 1. The van der Waals surface area contributed by atoms with Gasteiger partial charge in [0.15, 0.2) is 0 Å². The molecule has 0 aromatic heterocycles.